The zero-order valence-corrected chi connectivity index (χ0v) is 22.5. The molecule has 2 N–H and O–H groups in total. The van der Waals surface area contributed by atoms with E-state index in [1.54, 1.807) is 23.1 Å². The number of benzene rings is 2. The first-order valence-electron chi connectivity index (χ1n) is 14.2. The molecule has 0 spiro atoms. The third kappa shape index (κ3) is 6.04. The van der Waals surface area contributed by atoms with E-state index in [0.717, 1.165) is 49.9 Å². The van der Waals surface area contributed by atoms with Gasteiger partial charge in [-0.2, -0.15) is 0 Å². The van der Waals surface area contributed by atoms with E-state index in [0.29, 0.717) is 36.5 Å². The molecule has 1 saturated carbocycles. The minimum Gasteiger partial charge on any atom is -0.490 e. The molecule has 2 heterocycles. The van der Waals surface area contributed by atoms with E-state index in [-0.39, 0.29) is 17.5 Å². The molecule has 2 saturated heterocycles. The molecule has 1 atom stereocenters. The van der Waals surface area contributed by atoms with Crippen LogP contribution in [0.1, 0.15) is 68.6 Å². The number of halogens is 1. The zero-order chi connectivity index (χ0) is 26.7. The monoisotopic (exact) mass is 521 g/mol. The van der Waals surface area contributed by atoms with Gasteiger partial charge in [0.15, 0.2) is 11.6 Å². The van der Waals surface area contributed by atoms with Gasteiger partial charge in [0, 0.05) is 18.7 Å². The second-order valence-electron chi connectivity index (χ2n) is 11.8. The molecule has 3 fully saturated rings. The van der Waals surface area contributed by atoms with Crippen LogP contribution in [0.5, 0.6) is 5.75 Å². The van der Waals surface area contributed by atoms with Crippen molar-refractivity contribution in [1.29, 1.82) is 0 Å². The predicted octanol–water partition coefficient (Wildman–Crippen LogP) is 5.25. The Labute approximate surface area is 225 Å². The van der Waals surface area contributed by atoms with Crippen LogP contribution in [-0.2, 0) is 4.79 Å². The van der Waals surface area contributed by atoms with Gasteiger partial charge in [-0.1, -0.05) is 31.5 Å². The average molecular weight is 522 g/mol. The number of nitrogens with zero attached hydrogens (tertiary/aromatic N) is 2. The number of amides is 2. The fourth-order valence-electron chi connectivity index (χ4n) is 6.24. The smallest absolute Gasteiger partial charge is 0.254 e. The van der Waals surface area contributed by atoms with Crippen molar-refractivity contribution in [3.63, 3.8) is 0 Å². The standard InChI is InChI=1S/C31H40FN3O3/c1-31(14-4-15-31)21-34-17-12-22(13-18-34)20-38-28-11-10-25(19-26(28)32)23-6-8-24(9-7-23)30(37)35-16-3-2-5-27(35)29(33)36/h6-11,19,22,27H,2-5,12-18,20-21H2,1H3,(H2,33,36)/t27-/m0/s1. The topological polar surface area (TPSA) is 75.9 Å². The molecule has 2 amide bonds. The quantitative estimate of drug-likeness (QED) is 0.515. The lowest BCUT2D eigenvalue weighted by Crippen LogP contribution is -2.50. The predicted molar refractivity (Wildman–Crippen MR) is 146 cm³/mol. The van der Waals surface area contributed by atoms with Crippen molar-refractivity contribution in [2.45, 2.75) is 64.3 Å². The van der Waals surface area contributed by atoms with Crippen LogP contribution in [-0.4, -0.2) is 60.4 Å². The number of hydrogen-bond acceptors (Lipinski definition) is 4. The molecule has 2 aliphatic heterocycles. The van der Waals surface area contributed by atoms with E-state index < -0.39 is 11.9 Å². The van der Waals surface area contributed by atoms with Gasteiger partial charge in [-0.25, -0.2) is 4.39 Å². The highest BCUT2D eigenvalue weighted by Crippen LogP contribution is 2.41. The summed E-state index contributed by atoms with van der Waals surface area (Å²) in [6.45, 7) is 6.88. The Morgan fingerprint density at radius 2 is 1.68 bits per heavy atom. The molecule has 6 nitrogen and oxygen atoms in total. The maximum atomic E-state index is 14.9. The van der Waals surface area contributed by atoms with E-state index >= 15 is 0 Å². The minimum atomic E-state index is -0.555. The number of piperidine rings is 2. The van der Waals surface area contributed by atoms with Gasteiger partial charge >= 0.3 is 0 Å². The lowest BCUT2D eigenvalue weighted by atomic mass is 9.70. The molecule has 3 aliphatic rings. The fraction of sp³-hybridized carbons (Fsp3) is 0.548. The number of carbonyl (C=O) groups excluding carboxylic acids is 2. The lowest BCUT2D eigenvalue weighted by molar-refractivity contribution is -0.123. The minimum absolute atomic E-state index is 0.196. The highest BCUT2D eigenvalue weighted by Gasteiger charge is 2.35. The summed E-state index contributed by atoms with van der Waals surface area (Å²) in [5, 5.41) is 0. The number of primary amides is 1. The van der Waals surface area contributed by atoms with Crippen LogP contribution in [0.25, 0.3) is 11.1 Å². The summed E-state index contributed by atoms with van der Waals surface area (Å²) in [7, 11) is 0. The molecule has 2 aromatic carbocycles. The second-order valence-corrected chi connectivity index (χ2v) is 11.8. The van der Waals surface area contributed by atoms with E-state index in [1.165, 1.54) is 31.9 Å². The van der Waals surface area contributed by atoms with Crippen LogP contribution in [0.15, 0.2) is 42.5 Å². The van der Waals surface area contributed by atoms with Crippen molar-refractivity contribution in [3.05, 3.63) is 53.8 Å². The number of rotatable bonds is 8. The molecule has 0 bridgehead atoms. The number of hydrogen-bond donors (Lipinski definition) is 1. The molecule has 0 aromatic heterocycles. The first-order chi connectivity index (χ1) is 18.3. The number of likely N-dealkylation sites (tertiary alicyclic amines) is 2. The molecule has 0 radical (unpaired) electrons. The molecule has 7 heteroatoms. The number of nitrogens with two attached hydrogens (primary N) is 1. The summed E-state index contributed by atoms with van der Waals surface area (Å²) in [4.78, 5) is 28.9. The van der Waals surface area contributed by atoms with Crippen LogP contribution in [0.2, 0.25) is 0 Å². The van der Waals surface area contributed by atoms with Crippen molar-refractivity contribution >= 4 is 11.8 Å². The molecule has 0 unspecified atom stereocenters. The third-order valence-electron chi connectivity index (χ3n) is 8.84. The van der Waals surface area contributed by atoms with Crippen LogP contribution in [0.3, 0.4) is 0 Å². The molecule has 2 aromatic rings. The third-order valence-corrected chi connectivity index (χ3v) is 8.84. The van der Waals surface area contributed by atoms with Crippen molar-refractivity contribution in [2.75, 3.05) is 32.8 Å². The van der Waals surface area contributed by atoms with E-state index in [9.17, 15) is 14.0 Å². The molecule has 5 rings (SSSR count). The van der Waals surface area contributed by atoms with Gasteiger partial charge in [-0.3, -0.25) is 9.59 Å². The van der Waals surface area contributed by atoms with E-state index in [2.05, 4.69) is 11.8 Å². The van der Waals surface area contributed by atoms with Gasteiger partial charge in [0.2, 0.25) is 5.91 Å². The van der Waals surface area contributed by atoms with E-state index in [4.69, 9.17) is 10.5 Å². The molecule has 38 heavy (non-hydrogen) atoms. The molecule has 204 valence electrons. The maximum Gasteiger partial charge on any atom is 0.254 e. The maximum absolute atomic E-state index is 14.9. The summed E-state index contributed by atoms with van der Waals surface area (Å²) in [5.74, 6) is -0.295. The van der Waals surface area contributed by atoms with Crippen molar-refractivity contribution in [1.82, 2.24) is 9.80 Å². The van der Waals surface area contributed by atoms with Gasteiger partial charge in [0.05, 0.1) is 6.61 Å². The Morgan fingerprint density at radius 3 is 2.32 bits per heavy atom. The number of ether oxygens (including phenoxy) is 1. The van der Waals surface area contributed by atoms with Crippen molar-refractivity contribution in [2.24, 2.45) is 17.1 Å². The number of carbonyl (C=O) groups is 2. The van der Waals surface area contributed by atoms with Crippen LogP contribution >= 0.6 is 0 Å². The Balaban J connectivity index is 1.14. The fourth-order valence-corrected chi connectivity index (χ4v) is 6.24. The highest BCUT2D eigenvalue weighted by atomic mass is 19.1. The van der Waals surface area contributed by atoms with Crippen LogP contribution in [0.4, 0.5) is 4.39 Å². The van der Waals surface area contributed by atoms with Crippen LogP contribution in [0, 0.1) is 17.2 Å². The van der Waals surface area contributed by atoms with Gasteiger partial charge in [-0.05, 0) is 105 Å². The van der Waals surface area contributed by atoms with Crippen molar-refractivity contribution < 1.29 is 18.7 Å². The normalized spacial score (nSPS) is 22.1. The molecular formula is C31H40FN3O3. The SMILES string of the molecule is CC1(CN2CCC(COc3ccc(-c4ccc(C(=O)N5CCCC[C@H]5C(N)=O)cc4)cc3F)CC2)CCC1. The lowest BCUT2D eigenvalue weighted by Gasteiger charge is -2.44. The Hall–Kier alpha value is -2.93. The Morgan fingerprint density at radius 1 is 0.974 bits per heavy atom. The average Bonchev–Trinajstić information content (AvgIpc) is 2.92. The van der Waals surface area contributed by atoms with Gasteiger partial charge in [0.25, 0.3) is 5.91 Å². The van der Waals surface area contributed by atoms with Crippen molar-refractivity contribution in [3.8, 4) is 16.9 Å². The summed E-state index contributed by atoms with van der Waals surface area (Å²) in [6.07, 6.45) is 8.61. The van der Waals surface area contributed by atoms with E-state index in [1.807, 2.05) is 18.2 Å². The molecular weight excluding hydrogens is 481 g/mol. The summed E-state index contributed by atoms with van der Waals surface area (Å²) in [5.41, 5.74) is 8.06. The van der Waals surface area contributed by atoms with Crippen LogP contribution < -0.4 is 10.5 Å². The first kappa shape index (κ1) is 26.7. The van der Waals surface area contributed by atoms with Gasteiger partial charge in [-0.15, -0.1) is 0 Å². The Bertz CT molecular complexity index is 1140. The summed E-state index contributed by atoms with van der Waals surface area (Å²) < 4.78 is 20.8. The highest BCUT2D eigenvalue weighted by molar-refractivity contribution is 5.97. The molecule has 1 aliphatic carbocycles. The largest absolute Gasteiger partial charge is 0.490 e. The summed E-state index contributed by atoms with van der Waals surface area (Å²) in [6, 6.07) is 11.6. The first-order valence-corrected chi connectivity index (χ1v) is 14.2. The van der Waals surface area contributed by atoms with Gasteiger partial charge in [0.1, 0.15) is 6.04 Å². The summed E-state index contributed by atoms with van der Waals surface area (Å²) >= 11 is 0. The second kappa shape index (κ2) is 11.4. The van der Waals surface area contributed by atoms with Gasteiger partial charge < -0.3 is 20.3 Å². The zero-order valence-electron chi connectivity index (χ0n) is 22.5. The Kier molecular flexibility index (Phi) is 8.03.